The summed E-state index contributed by atoms with van der Waals surface area (Å²) in [7, 11) is 0. The molecule has 21 heavy (non-hydrogen) atoms. The molecule has 0 fully saturated rings. The summed E-state index contributed by atoms with van der Waals surface area (Å²) < 4.78 is 1.89. The highest BCUT2D eigenvalue weighted by Gasteiger charge is 2.10. The number of rotatable bonds is 3. The Morgan fingerprint density at radius 1 is 1.38 bits per heavy atom. The lowest BCUT2D eigenvalue weighted by Gasteiger charge is -1.98. The van der Waals surface area contributed by atoms with Gasteiger partial charge in [0.05, 0.1) is 14.6 Å². The molecule has 0 atom stereocenters. The molecule has 0 N–H and O–H groups in total. The monoisotopic (exact) mass is 339 g/mol. The van der Waals surface area contributed by atoms with Gasteiger partial charge in [-0.1, -0.05) is 53.6 Å². The van der Waals surface area contributed by atoms with Gasteiger partial charge in [-0.25, -0.2) is 4.98 Å². The van der Waals surface area contributed by atoms with E-state index in [-0.39, 0.29) is 5.56 Å². The van der Waals surface area contributed by atoms with E-state index in [1.807, 2.05) is 13.0 Å². The summed E-state index contributed by atoms with van der Waals surface area (Å²) in [5.74, 6) is 0.702. The molecule has 0 radical (unpaired) electrons. The Morgan fingerprint density at radius 3 is 2.90 bits per heavy atom. The highest BCUT2D eigenvalue weighted by molar-refractivity contribution is 7.15. The molecule has 0 saturated heterocycles. The Balaban J connectivity index is 2.14. The lowest BCUT2D eigenvalue weighted by Crippen LogP contribution is -2.23. The van der Waals surface area contributed by atoms with Crippen LogP contribution in [0.1, 0.15) is 24.7 Å². The fourth-order valence-electron chi connectivity index (χ4n) is 1.98. The van der Waals surface area contributed by atoms with Gasteiger partial charge in [0.25, 0.3) is 5.56 Å². The van der Waals surface area contributed by atoms with Gasteiger partial charge in [0.1, 0.15) is 0 Å². The van der Waals surface area contributed by atoms with Crippen LogP contribution in [0.3, 0.4) is 0 Å². The van der Waals surface area contributed by atoms with Crippen LogP contribution in [-0.2, 0) is 6.42 Å². The van der Waals surface area contributed by atoms with Gasteiger partial charge in [-0.2, -0.15) is 4.52 Å². The van der Waals surface area contributed by atoms with Gasteiger partial charge in [0.2, 0.25) is 4.96 Å². The van der Waals surface area contributed by atoms with Crippen LogP contribution in [0.15, 0.2) is 23.0 Å². The van der Waals surface area contributed by atoms with Gasteiger partial charge in [-0.3, -0.25) is 4.79 Å². The molecule has 7 heteroatoms. The number of halogens is 2. The van der Waals surface area contributed by atoms with Gasteiger partial charge >= 0.3 is 0 Å². The molecule has 2 aromatic heterocycles. The third-order valence-electron chi connectivity index (χ3n) is 2.97. The second-order valence-corrected chi connectivity index (χ2v) is 6.33. The van der Waals surface area contributed by atoms with Crippen molar-refractivity contribution in [1.82, 2.24) is 14.6 Å². The van der Waals surface area contributed by atoms with Crippen molar-refractivity contribution in [2.75, 3.05) is 0 Å². The molecule has 0 aliphatic heterocycles. The van der Waals surface area contributed by atoms with Crippen LogP contribution in [-0.4, -0.2) is 14.6 Å². The first kappa shape index (κ1) is 14.5. The van der Waals surface area contributed by atoms with Crippen molar-refractivity contribution in [2.45, 2.75) is 19.8 Å². The van der Waals surface area contributed by atoms with E-state index in [1.165, 1.54) is 15.9 Å². The average molecular weight is 340 g/mol. The van der Waals surface area contributed by atoms with Crippen LogP contribution in [0.4, 0.5) is 0 Å². The SMILES string of the molecule is CCCc1nc2s/c(=C\c3cccc(Cl)c3Cl)c(=O)n2n1. The molecule has 3 aromatic rings. The fraction of sp³-hybridized carbons (Fsp3) is 0.214. The van der Waals surface area contributed by atoms with Gasteiger partial charge in [0, 0.05) is 6.42 Å². The average Bonchev–Trinajstić information content (AvgIpc) is 2.96. The molecule has 0 aliphatic carbocycles. The summed E-state index contributed by atoms with van der Waals surface area (Å²) in [6.07, 6.45) is 3.44. The van der Waals surface area contributed by atoms with Gasteiger partial charge in [0.15, 0.2) is 5.82 Å². The van der Waals surface area contributed by atoms with Crippen LogP contribution in [0.2, 0.25) is 10.0 Å². The number of aromatic nitrogens is 3. The normalized spacial score (nSPS) is 12.4. The van der Waals surface area contributed by atoms with Crippen molar-refractivity contribution in [3.63, 3.8) is 0 Å². The van der Waals surface area contributed by atoms with E-state index in [1.54, 1.807) is 18.2 Å². The van der Waals surface area contributed by atoms with Crippen LogP contribution >= 0.6 is 34.5 Å². The molecule has 0 saturated carbocycles. The molecule has 0 unspecified atom stereocenters. The Hall–Kier alpha value is -1.43. The lowest BCUT2D eigenvalue weighted by atomic mass is 10.2. The van der Waals surface area contributed by atoms with Gasteiger partial charge in [-0.05, 0) is 24.1 Å². The Morgan fingerprint density at radius 2 is 2.19 bits per heavy atom. The summed E-state index contributed by atoms with van der Waals surface area (Å²) in [5, 5.41) is 5.12. The summed E-state index contributed by atoms with van der Waals surface area (Å²) in [6, 6.07) is 5.31. The Bertz CT molecular complexity index is 916. The van der Waals surface area contributed by atoms with E-state index in [0.29, 0.717) is 30.9 Å². The van der Waals surface area contributed by atoms with Gasteiger partial charge < -0.3 is 0 Å². The highest BCUT2D eigenvalue weighted by atomic mass is 35.5. The predicted octanol–water partition coefficient (Wildman–Crippen LogP) is 2.96. The van der Waals surface area contributed by atoms with Crippen LogP contribution in [0.5, 0.6) is 0 Å². The number of thiazole rings is 1. The summed E-state index contributed by atoms with van der Waals surface area (Å²) in [4.78, 5) is 17.3. The Labute approximate surface area is 134 Å². The largest absolute Gasteiger partial charge is 0.291 e. The zero-order valence-corrected chi connectivity index (χ0v) is 13.5. The van der Waals surface area contributed by atoms with Crippen molar-refractivity contribution in [1.29, 1.82) is 0 Å². The number of nitrogens with zero attached hydrogens (tertiary/aromatic N) is 3. The lowest BCUT2D eigenvalue weighted by molar-refractivity contribution is 0.810. The molecule has 2 heterocycles. The zero-order chi connectivity index (χ0) is 15.0. The third kappa shape index (κ3) is 2.69. The molecule has 3 rings (SSSR count). The van der Waals surface area contributed by atoms with E-state index in [4.69, 9.17) is 23.2 Å². The molecule has 0 spiro atoms. The first-order valence-electron chi connectivity index (χ1n) is 6.44. The second-order valence-electron chi connectivity index (χ2n) is 4.53. The zero-order valence-electron chi connectivity index (χ0n) is 11.1. The molecule has 0 aliphatic rings. The summed E-state index contributed by atoms with van der Waals surface area (Å²) in [6.45, 7) is 2.05. The van der Waals surface area contributed by atoms with E-state index < -0.39 is 0 Å². The topological polar surface area (TPSA) is 47.3 Å². The first-order valence-corrected chi connectivity index (χ1v) is 8.01. The molecule has 4 nitrogen and oxygen atoms in total. The standard InChI is InChI=1S/C14H11Cl2N3OS/c1-2-4-11-17-14-19(18-11)13(20)10(21-14)7-8-5-3-6-9(15)12(8)16/h3,5-7H,2,4H2,1H3/b10-7-. The maximum absolute atomic E-state index is 12.3. The number of fused-ring (bicyclic) bond motifs is 1. The molecule has 108 valence electrons. The third-order valence-corrected chi connectivity index (χ3v) is 4.76. The predicted molar refractivity (Wildman–Crippen MR) is 86.4 cm³/mol. The maximum Gasteiger partial charge on any atom is 0.291 e. The number of hydrogen-bond acceptors (Lipinski definition) is 4. The van der Waals surface area contributed by atoms with Crippen LogP contribution in [0, 0.1) is 0 Å². The number of benzene rings is 1. The number of aryl methyl sites for hydroxylation is 1. The van der Waals surface area contributed by atoms with Gasteiger partial charge in [-0.15, -0.1) is 5.10 Å². The molecule has 0 amide bonds. The smallest absolute Gasteiger partial charge is 0.266 e. The van der Waals surface area contributed by atoms with E-state index in [0.717, 1.165) is 12.8 Å². The van der Waals surface area contributed by atoms with E-state index >= 15 is 0 Å². The fourth-order valence-corrected chi connectivity index (χ4v) is 3.26. The minimum Gasteiger partial charge on any atom is -0.266 e. The van der Waals surface area contributed by atoms with Crippen molar-refractivity contribution in [3.8, 4) is 0 Å². The van der Waals surface area contributed by atoms with E-state index in [9.17, 15) is 4.79 Å². The quantitative estimate of drug-likeness (QED) is 0.736. The van der Waals surface area contributed by atoms with Crippen molar-refractivity contribution in [3.05, 3.63) is 54.5 Å². The highest BCUT2D eigenvalue weighted by Crippen LogP contribution is 2.25. The minimum absolute atomic E-state index is 0.180. The second kappa shape index (κ2) is 5.75. The molecular formula is C14H11Cl2N3OS. The summed E-state index contributed by atoms with van der Waals surface area (Å²) in [5.41, 5.74) is 0.528. The molecule has 1 aromatic carbocycles. The molecular weight excluding hydrogens is 329 g/mol. The van der Waals surface area contributed by atoms with Crippen LogP contribution in [0.25, 0.3) is 11.0 Å². The van der Waals surface area contributed by atoms with Crippen molar-refractivity contribution < 1.29 is 0 Å². The molecule has 0 bridgehead atoms. The van der Waals surface area contributed by atoms with Crippen molar-refractivity contribution >= 4 is 45.6 Å². The van der Waals surface area contributed by atoms with Crippen LogP contribution < -0.4 is 10.1 Å². The minimum atomic E-state index is -0.180. The first-order chi connectivity index (χ1) is 10.1. The maximum atomic E-state index is 12.3. The van der Waals surface area contributed by atoms with E-state index in [2.05, 4.69) is 10.1 Å². The summed E-state index contributed by atoms with van der Waals surface area (Å²) >= 11 is 13.4. The Kier molecular flexibility index (Phi) is 3.97. The van der Waals surface area contributed by atoms with Crippen molar-refractivity contribution in [2.24, 2.45) is 0 Å². The number of hydrogen-bond donors (Lipinski definition) is 0.